The van der Waals surface area contributed by atoms with Gasteiger partial charge in [-0.3, -0.25) is 4.79 Å². The first-order valence-electron chi connectivity index (χ1n) is 9.62. The molecule has 1 aliphatic heterocycles. The summed E-state index contributed by atoms with van der Waals surface area (Å²) in [4.78, 5) is 18.1. The van der Waals surface area contributed by atoms with Crippen molar-refractivity contribution in [2.45, 2.75) is 39.2 Å². The van der Waals surface area contributed by atoms with E-state index >= 15 is 0 Å². The summed E-state index contributed by atoms with van der Waals surface area (Å²) in [7, 11) is 0. The number of rotatable bonds is 4. The van der Waals surface area contributed by atoms with Crippen molar-refractivity contribution >= 4 is 11.6 Å². The van der Waals surface area contributed by atoms with Crippen molar-refractivity contribution in [3.05, 3.63) is 54.5 Å². The van der Waals surface area contributed by atoms with Crippen LogP contribution in [0, 0.1) is 6.92 Å². The van der Waals surface area contributed by atoms with E-state index in [4.69, 9.17) is 4.74 Å². The lowest BCUT2D eigenvalue weighted by Crippen LogP contribution is -2.41. The number of likely N-dealkylation sites (tertiary alicyclic amines) is 1. The normalized spacial score (nSPS) is 15.3. The van der Waals surface area contributed by atoms with Gasteiger partial charge < -0.3 is 14.0 Å². The maximum absolute atomic E-state index is 11.8. The fourth-order valence-electron chi connectivity index (χ4n) is 3.71. The number of benzene rings is 1. The second-order valence-electron chi connectivity index (χ2n) is 7.14. The quantitative estimate of drug-likeness (QED) is 0.701. The number of ether oxygens (including phenoxy) is 1. The van der Waals surface area contributed by atoms with Crippen LogP contribution in [0.2, 0.25) is 0 Å². The molecule has 0 spiro atoms. The van der Waals surface area contributed by atoms with Gasteiger partial charge in [0.05, 0.1) is 0 Å². The van der Waals surface area contributed by atoms with Gasteiger partial charge in [-0.05, 0) is 36.2 Å². The van der Waals surface area contributed by atoms with Crippen LogP contribution in [0.25, 0.3) is 16.8 Å². The van der Waals surface area contributed by atoms with Crippen LogP contribution in [0.15, 0.2) is 48.9 Å². The largest absolute Gasteiger partial charge is 0.490 e. The zero-order chi connectivity index (χ0) is 18.8. The van der Waals surface area contributed by atoms with Crippen LogP contribution < -0.4 is 4.74 Å². The van der Waals surface area contributed by atoms with E-state index < -0.39 is 0 Å². The molecule has 5 nitrogen and oxygen atoms in total. The first-order valence-corrected chi connectivity index (χ1v) is 9.62. The molecule has 1 amide bonds. The van der Waals surface area contributed by atoms with Crippen molar-refractivity contribution in [1.82, 2.24) is 14.3 Å². The van der Waals surface area contributed by atoms with E-state index in [0.29, 0.717) is 6.42 Å². The molecule has 0 radical (unpaired) electrons. The van der Waals surface area contributed by atoms with E-state index in [9.17, 15) is 4.79 Å². The lowest BCUT2D eigenvalue weighted by Gasteiger charge is -2.32. The summed E-state index contributed by atoms with van der Waals surface area (Å²) < 4.78 is 8.18. The predicted molar refractivity (Wildman–Crippen MR) is 106 cm³/mol. The number of imidazole rings is 1. The Bertz CT molecular complexity index is 938. The number of carbonyl (C=O) groups is 1. The molecule has 3 heterocycles. The van der Waals surface area contributed by atoms with E-state index in [1.165, 1.54) is 16.7 Å². The summed E-state index contributed by atoms with van der Waals surface area (Å²) in [6.07, 6.45) is 8.44. The summed E-state index contributed by atoms with van der Waals surface area (Å²) in [5, 5.41) is 0. The zero-order valence-corrected chi connectivity index (χ0v) is 15.9. The molecule has 2 aromatic heterocycles. The molecular formula is C22H25N3O2. The number of aryl methyl sites for hydroxylation is 1. The summed E-state index contributed by atoms with van der Waals surface area (Å²) in [5.41, 5.74) is 4.52. The Morgan fingerprint density at radius 3 is 2.67 bits per heavy atom. The van der Waals surface area contributed by atoms with Gasteiger partial charge in [-0.2, -0.15) is 0 Å². The molecule has 0 saturated carbocycles. The third-order valence-corrected chi connectivity index (χ3v) is 5.30. The monoisotopic (exact) mass is 363 g/mol. The minimum Gasteiger partial charge on any atom is -0.490 e. The van der Waals surface area contributed by atoms with Crippen molar-refractivity contribution in [2.24, 2.45) is 0 Å². The van der Waals surface area contributed by atoms with Crippen LogP contribution in [-0.4, -0.2) is 39.4 Å². The van der Waals surface area contributed by atoms with Gasteiger partial charge in [-0.1, -0.05) is 19.1 Å². The highest BCUT2D eigenvalue weighted by molar-refractivity contribution is 5.75. The van der Waals surface area contributed by atoms with Gasteiger partial charge >= 0.3 is 0 Å². The smallest absolute Gasteiger partial charge is 0.222 e. The van der Waals surface area contributed by atoms with Crippen molar-refractivity contribution in [3.8, 4) is 16.9 Å². The van der Waals surface area contributed by atoms with Gasteiger partial charge in [0.25, 0.3) is 0 Å². The van der Waals surface area contributed by atoms with E-state index in [1.54, 1.807) is 0 Å². The summed E-state index contributed by atoms with van der Waals surface area (Å²) in [6.45, 7) is 5.61. The highest BCUT2D eigenvalue weighted by Crippen LogP contribution is 2.27. The Labute approximate surface area is 159 Å². The topological polar surface area (TPSA) is 46.8 Å². The molecule has 0 bridgehead atoms. The molecule has 4 rings (SSSR count). The molecule has 3 aromatic rings. The van der Waals surface area contributed by atoms with Gasteiger partial charge in [-0.25, -0.2) is 4.98 Å². The van der Waals surface area contributed by atoms with Crippen LogP contribution in [0.3, 0.4) is 0 Å². The molecule has 1 aromatic carbocycles. The highest BCUT2D eigenvalue weighted by atomic mass is 16.5. The lowest BCUT2D eigenvalue weighted by molar-refractivity contribution is -0.132. The SMILES string of the molecule is CCC(=O)N1CCC(Oc2ccc(-c3cn4ccnc4cc3C)cc2)CC1. The molecule has 0 N–H and O–H groups in total. The standard InChI is InChI=1S/C22H25N3O2/c1-3-22(26)24-11-8-19(9-12-24)27-18-6-4-17(5-7-18)20-15-25-13-10-23-21(25)14-16(20)2/h4-7,10,13-15,19H,3,8-9,11-12H2,1-2H3. The van der Waals surface area contributed by atoms with Crippen molar-refractivity contribution in [3.63, 3.8) is 0 Å². The van der Waals surface area contributed by atoms with Crippen LogP contribution >= 0.6 is 0 Å². The molecule has 1 fully saturated rings. The summed E-state index contributed by atoms with van der Waals surface area (Å²) >= 11 is 0. The van der Waals surface area contributed by atoms with E-state index in [2.05, 4.69) is 36.3 Å². The Hall–Kier alpha value is -2.82. The molecule has 1 saturated heterocycles. The number of amides is 1. The van der Waals surface area contributed by atoms with Crippen LogP contribution in [-0.2, 0) is 4.79 Å². The molecule has 0 aliphatic carbocycles. The van der Waals surface area contributed by atoms with Gasteiger partial charge in [0.1, 0.15) is 17.5 Å². The lowest BCUT2D eigenvalue weighted by atomic mass is 10.0. The maximum Gasteiger partial charge on any atom is 0.222 e. The predicted octanol–water partition coefficient (Wildman–Crippen LogP) is 4.09. The molecule has 0 unspecified atom stereocenters. The fraction of sp³-hybridized carbons (Fsp3) is 0.364. The second-order valence-corrected chi connectivity index (χ2v) is 7.14. The number of fused-ring (bicyclic) bond motifs is 1. The number of aromatic nitrogens is 2. The van der Waals surface area contributed by atoms with Crippen LogP contribution in [0.1, 0.15) is 31.7 Å². The molecule has 140 valence electrons. The summed E-state index contributed by atoms with van der Waals surface area (Å²) in [5.74, 6) is 1.13. The maximum atomic E-state index is 11.8. The fourth-order valence-corrected chi connectivity index (χ4v) is 3.71. The van der Waals surface area contributed by atoms with E-state index in [1.807, 2.05) is 40.8 Å². The first-order chi connectivity index (χ1) is 13.1. The van der Waals surface area contributed by atoms with Crippen LogP contribution in [0.5, 0.6) is 5.75 Å². The van der Waals surface area contributed by atoms with Gasteiger partial charge in [0.2, 0.25) is 5.91 Å². The molecule has 27 heavy (non-hydrogen) atoms. The van der Waals surface area contributed by atoms with Crippen molar-refractivity contribution in [1.29, 1.82) is 0 Å². The molecule has 5 heteroatoms. The first kappa shape index (κ1) is 17.6. The van der Waals surface area contributed by atoms with E-state index in [0.717, 1.165) is 37.3 Å². The Kier molecular flexibility index (Phi) is 4.84. The Morgan fingerprint density at radius 2 is 1.96 bits per heavy atom. The number of carbonyl (C=O) groups excluding carboxylic acids is 1. The van der Waals surface area contributed by atoms with Gasteiger partial charge in [0, 0.05) is 56.5 Å². The Balaban J connectivity index is 1.43. The summed E-state index contributed by atoms with van der Waals surface area (Å²) in [6, 6.07) is 10.4. The average Bonchev–Trinajstić information content (AvgIpc) is 3.15. The number of pyridine rings is 1. The van der Waals surface area contributed by atoms with Gasteiger partial charge in [0.15, 0.2) is 0 Å². The highest BCUT2D eigenvalue weighted by Gasteiger charge is 2.22. The number of hydrogen-bond donors (Lipinski definition) is 0. The van der Waals surface area contributed by atoms with Gasteiger partial charge in [-0.15, -0.1) is 0 Å². The molecule has 1 aliphatic rings. The Morgan fingerprint density at radius 1 is 1.22 bits per heavy atom. The second kappa shape index (κ2) is 7.43. The number of nitrogens with zero attached hydrogens (tertiary/aromatic N) is 3. The number of piperidine rings is 1. The third kappa shape index (κ3) is 3.68. The van der Waals surface area contributed by atoms with E-state index in [-0.39, 0.29) is 12.0 Å². The van der Waals surface area contributed by atoms with Crippen molar-refractivity contribution in [2.75, 3.05) is 13.1 Å². The number of hydrogen-bond acceptors (Lipinski definition) is 3. The average molecular weight is 363 g/mol. The zero-order valence-electron chi connectivity index (χ0n) is 15.9. The van der Waals surface area contributed by atoms with Crippen molar-refractivity contribution < 1.29 is 9.53 Å². The minimum absolute atomic E-state index is 0.181. The minimum atomic E-state index is 0.181. The van der Waals surface area contributed by atoms with Crippen LogP contribution in [0.4, 0.5) is 0 Å². The molecular weight excluding hydrogens is 338 g/mol. The third-order valence-electron chi connectivity index (χ3n) is 5.30. The molecule has 0 atom stereocenters.